The number of ether oxygens (including phenoxy) is 3. The number of carbonyl (C=O) groups excluding carboxylic acids is 2. The molecule has 0 aliphatic carbocycles. The Morgan fingerprint density at radius 2 is 1.44 bits per heavy atom. The smallest absolute Gasteiger partial charge is 0.407 e. The fourth-order valence-electron chi connectivity index (χ4n) is 2.39. The molecular formula is C19H37NO5. The molecule has 0 aromatic heterocycles. The molecular weight excluding hydrogens is 322 g/mol. The normalized spacial score (nSPS) is 11.8. The van der Waals surface area contributed by atoms with Crippen LogP contribution in [0.25, 0.3) is 0 Å². The first-order valence-corrected chi connectivity index (χ1v) is 9.74. The van der Waals surface area contributed by atoms with Gasteiger partial charge in [-0.25, -0.2) is 9.59 Å². The molecule has 0 bridgehead atoms. The number of nitrogens with one attached hydrogen (secondary N) is 1. The highest BCUT2D eigenvalue weighted by Crippen LogP contribution is 2.08. The van der Waals surface area contributed by atoms with Gasteiger partial charge in [-0.05, 0) is 12.8 Å². The largest absolute Gasteiger partial charge is 0.464 e. The summed E-state index contributed by atoms with van der Waals surface area (Å²) >= 11 is 0. The van der Waals surface area contributed by atoms with E-state index >= 15 is 0 Å². The molecule has 0 aliphatic rings. The van der Waals surface area contributed by atoms with Crippen LogP contribution in [-0.4, -0.2) is 45.0 Å². The Kier molecular flexibility index (Phi) is 16.6. The second-order valence-electron chi connectivity index (χ2n) is 6.26. The first-order chi connectivity index (χ1) is 12.2. The molecule has 0 saturated carbocycles. The van der Waals surface area contributed by atoms with Gasteiger partial charge in [-0.2, -0.15) is 0 Å². The predicted molar refractivity (Wildman–Crippen MR) is 98.6 cm³/mol. The lowest BCUT2D eigenvalue weighted by molar-refractivity contribution is -0.146. The third kappa shape index (κ3) is 14.7. The van der Waals surface area contributed by atoms with Crippen LogP contribution < -0.4 is 5.32 Å². The molecule has 25 heavy (non-hydrogen) atoms. The molecule has 0 rings (SSSR count). The van der Waals surface area contributed by atoms with Gasteiger partial charge in [-0.3, -0.25) is 0 Å². The topological polar surface area (TPSA) is 73.9 Å². The van der Waals surface area contributed by atoms with Gasteiger partial charge in [0.15, 0.2) is 0 Å². The van der Waals surface area contributed by atoms with E-state index < -0.39 is 12.1 Å². The highest BCUT2D eigenvalue weighted by Gasteiger charge is 2.22. The Morgan fingerprint density at radius 1 is 0.800 bits per heavy atom. The molecule has 6 nitrogen and oxygen atoms in total. The van der Waals surface area contributed by atoms with E-state index in [1.165, 1.54) is 39.2 Å². The summed E-state index contributed by atoms with van der Waals surface area (Å²) in [5.74, 6) is -0.372. The Morgan fingerprint density at radius 3 is 2.08 bits per heavy atom. The molecule has 0 aliphatic heterocycles. The third-order valence-electron chi connectivity index (χ3n) is 3.94. The van der Waals surface area contributed by atoms with Crippen molar-refractivity contribution in [1.82, 2.24) is 5.32 Å². The molecule has 148 valence electrons. The lowest BCUT2D eigenvalue weighted by Crippen LogP contribution is -2.42. The van der Waals surface area contributed by atoms with Crippen LogP contribution in [0.15, 0.2) is 0 Å². The summed E-state index contributed by atoms with van der Waals surface area (Å²) in [5, 5.41) is 2.59. The van der Waals surface area contributed by atoms with Gasteiger partial charge < -0.3 is 19.5 Å². The maximum absolute atomic E-state index is 12.2. The molecule has 0 fully saturated rings. The number of amides is 1. The number of carbonyl (C=O) groups is 2. The van der Waals surface area contributed by atoms with Gasteiger partial charge in [-0.1, -0.05) is 65.2 Å². The zero-order valence-electron chi connectivity index (χ0n) is 16.3. The molecule has 0 saturated heterocycles. The summed E-state index contributed by atoms with van der Waals surface area (Å²) < 4.78 is 15.1. The maximum atomic E-state index is 12.2. The molecule has 0 heterocycles. The van der Waals surface area contributed by atoms with Crippen LogP contribution in [0.4, 0.5) is 4.79 Å². The molecule has 1 N–H and O–H groups in total. The van der Waals surface area contributed by atoms with Crippen molar-refractivity contribution in [3.8, 4) is 0 Å². The zero-order chi connectivity index (χ0) is 18.8. The van der Waals surface area contributed by atoms with Crippen molar-refractivity contribution < 1.29 is 23.8 Å². The van der Waals surface area contributed by atoms with Crippen molar-refractivity contribution in [3.63, 3.8) is 0 Å². The van der Waals surface area contributed by atoms with Gasteiger partial charge in [0.25, 0.3) is 0 Å². The predicted octanol–water partition coefficient (Wildman–Crippen LogP) is 4.21. The van der Waals surface area contributed by atoms with Gasteiger partial charge in [0.05, 0.1) is 13.2 Å². The van der Waals surface area contributed by atoms with Crippen LogP contribution in [-0.2, 0) is 19.0 Å². The van der Waals surface area contributed by atoms with E-state index in [4.69, 9.17) is 14.2 Å². The van der Waals surface area contributed by atoms with Crippen LogP contribution in [0.5, 0.6) is 0 Å². The van der Waals surface area contributed by atoms with Crippen LogP contribution >= 0.6 is 0 Å². The van der Waals surface area contributed by atoms with Gasteiger partial charge in [0.2, 0.25) is 0 Å². The molecule has 0 radical (unpaired) electrons. The van der Waals surface area contributed by atoms with Crippen molar-refractivity contribution in [1.29, 1.82) is 0 Å². The standard InChI is InChI=1S/C19H37NO5/c1-4-6-8-9-10-11-12-14-24-18(21)17(13-7-5-2)20-19(22)25-16-15-23-3/h17H,4-16H2,1-3H3,(H,20,22). The number of esters is 1. The Bertz CT molecular complexity index is 336. The minimum absolute atomic E-state index is 0.163. The summed E-state index contributed by atoms with van der Waals surface area (Å²) in [4.78, 5) is 23.9. The van der Waals surface area contributed by atoms with Crippen LogP contribution in [0, 0.1) is 0 Å². The Balaban J connectivity index is 3.99. The van der Waals surface area contributed by atoms with Gasteiger partial charge in [0.1, 0.15) is 12.6 Å². The zero-order valence-corrected chi connectivity index (χ0v) is 16.3. The van der Waals surface area contributed by atoms with E-state index in [2.05, 4.69) is 12.2 Å². The fraction of sp³-hybridized carbons (Fsp3) is 0.895. The molecule has 1 atom stereocenters. The fourth-order valence-corrected chi connectivity index (χ4v) is 2.39. The summed E-state index contributed by atoms with van der Waals surface area (Å²) in [5.41, 5.74) is 0. The number of unbranched alkanes of at least 4 members (excludes halogenated alkanes) is 7. The first-order valence-electron chi connectivity index (χ1n) is 9.74. The first kappa shape index (κ1) is 23.7. The number of alkyl carbamates (subject to hydrolysis) is 1. The quantitative estimate of drug-likeness (QED) is 0.330. The van der Waals surface area contributed by atoms with Crippen molar-refractivity contribution >= 4 is 12.1 Å². The van der Waals surface area contributed by atoms with E-state index in [9.17, 15) is 9.59 Å². The second-order valence-corrected chi connectivity index (χ2v) is 6.26. The van der Waals surface area contributed by atoms with E-state index in [-0.39, 0.29) is 12.6 Å². The van der Waals surface area contributed by atoms with Crippen molar-refractivity contribution in [2.24, 2.45) is 0 Å². The average molecular weight is 360 g/mol. The van der Waals surface area contributed by atoms with Gasteiger partial charge >= 0.3 is 12.1 Å². The molecule has 1 amide bonds. The highest BCUT2D eigenvalue weighted by molar-refractivity contribution is 5.81. The number of methoxy groups -OCH3 is 1. The Labute approximate surface area is 153 Å². The number of hydrogen-bond donors (Lipinski definition) is 1. The van der Waals surface area contributed by atoms with Gasteiger partial charge in [0, 0.05) is 7.11 Å². The third-order valence-corrected chi connectivity index (χ3v) is 3.94. The van der Waals surface area contributed by atoms with Crippen LogP contribution in [0.1, 0.15) is 78.1 Å². The van der Waals surface area contributed by atoms with Crippen LogP contribution in [0.3, 0.4) is 0 Å². The summed E-state index contributed by atoms with van der Waals surface area (Å²) in [7, 11) is 1.53. The summed E-state index contributed by atoms with van der Waals surface area (Å²) in [6.45, 7) is 5.15. The highest BCUT2D eigenvalue weighted by atomic mass is 16.6. The van der Waals surface area contributed by atoms with Crippen molar-refractivity contribution in [2.75, 3.05) is 26.9 Å². The minimum Gasteiger partial charge on any atom is -0.464 e. The van der Waals surface area contributed by atoms with Crippen molar-refractivity contribution in [3.05, 3.63) is 0 Å². The molecule has 1 unspecified atom stereocenters. The van der Waals surface area contributed by atoms with E-state index in [1.54, 1.807) is 0 Å². The lowest BCUT2D eigenvalue weighted by atomic mass is 10.1. The Hall–Kier alpha value is -1.30. The van der Waals surface area contributed by atoms with E-state index in [1.807, 2.05) is 6.92 Å². The molecule has 0 spiro atoms. The SMILES string of the molecule is CCCCCCCCCOC(=O)C(CCCC)NC(=O)OCCOC. The number of hydrogen-bond acceptors (Lipinski definition) is 5. The maximum Gasteiger partial charge on any atom is 0.407 e. The second kappa shape index (κ2) is 17.5. The minimum atomic E-state index is -0.639. The molecule has 0 aromatic rings. The van der Waals surface area contributed by atoms with E-state index in [0.29, 0.717) is 19.6 Å². The molecule has 6 heteroatoms. The summed E-state index contributed by atoms with van der Waals surface area (Å²) in [6.07, 6.45) is 9.94. The summed E-state index contributed by atoms with van der Waals surface area (Å²) in [6, 6.07) is -0.639. The van der Waals surface area contributed by atoms with Gasteiger partial charge in [-0.15, -0.1) is 0 Å². The van der Waals surface area contributed by atoms with Crippen LogP contribution in [0.2, 0.25) is 0 Å². The van der Waals surface area contributed by atoms with E-state index in [0.717, 1.165) is 25.7 Å². The number of rotatable bonds is 16. The molecule has 0 aromatic carbocycles. The monoisotopic (exact) mass is 359 g/mol. The lowest BCUT2D eigenvalue weighted by Gasteiger charge is -2.17. The van der Waals surface area contributed by atoms with Crippen molar-refractivity contribution in [2.45, 2.75) is 84.1 Å². The average Bonchev–Trinajstić information content (AvgIpc) is 2.60.